The molecule has 3 rings (SSSR count). The zero-order valence-corrected chi connectivity index (χ0v) is 14.7. The highest BCUT2D eigenvalue weighted by atomic mass is 32.2. The zero-order valence-electron chi connectivity index (χ0n) is 13.8. The topological polar surface area (TPSA) is 113 Å². The van der Waals surface area contributed by atoms with E-state index in [1.165, 1.54) is 9.21 Å². The molecule has 1 aromatic rings. The second-order valence-corrected chi connectivity index (χ2v) is 8.00. The Morgan fingerprint density at radius 3 is 2.56 bits per heavy atom. The average Bonchev–Trinajstić information content (AvgIpc) is 2.92. The lowest BCUT2D eigenvalue weighted by Gasteiger charge is -2.29. The number of fused-ring (bicyclic) bond motifs is 1. The van der Waals surface area contributed by atoms with Crippen molar-refractivity contribution in [3.05, 3.63) is 35.4 Å². The maximum absolute atomic E-state index is 12.2. The van der Waals surface area contributed by atoms with Crippen LogP contribution in [0.4, 0.5) is 4.79 Å². The van der Waals surface area contributed by atoms with Crippen molar-refractivity contribution >= 4 is 22.1 Å². The van der Waals surface area contributed by atoms with E-state index in [2.05, 4.69) is 5.32 Å². The van der Waals surface area contributed by atoms with Crippen LogP contribution in [-0.2, 0) is 16.8 Å². The number of carbonyl (C=O) groups excluding carboxylic acids is 2. The number of rotatable bonds is 4. The average molecular weight is 366 g/mol. The Balaban J connectivity index is 1.43. The lowest BCUT2D eigenvalue weighted by Crippen LogP contribution is -2.43. The van der Waals surface area contributed by atoms with E-state index in [4.69, 9.17) is 5.14 Å². The minimum Gasteiger partial charge on any atom is -0.338 e. The molecule has 0 atom stereocenters. The molecule has 1 fully saturated rings. The molecule has 2 aliphatic heterocycles. The molecule has 8 nitrogen and oxygen atoms in total. The molecular weight excluding hydrogens is 344 g/mol. The highest BCUT2D eigenvalue weighted by Gasteiger charge is 2.31. The largest absolute Gasteiger partial charge is 0.338 e. The minimum atomic E-state index is -3.61. The number of carbonyl (C=O) groups is 2. The Labute approximate surface area is 147 Å². The van der Waals surface area contributed by atoms with Gasteiger partial charge in [0.05, 0.1) is 6.54 Å². The number of imide groups is 1. The van der Waals surface area contributed by atoms with E-state index in [-0.39, 0.29) is 11.9 Å². The molecule has 0 unspecified atom stereocenters. The molecule has 2 heterocycles. The Morgan fingerprint density at radius 2 is 1.92 bits per heavy atom. The number of nitrogens with one attached hydrogen (secondary N) is 1. The van der Waals surface area contributed by atoms with Crippen molar-refractivity contribution in [1.82, 2.24) is 14.5 Å². The lowest BCUT2D eigenvalue weighted by molar-refractivity contribution is 0.0820. The van der Waals surface area contributed by atoms with E-state index < -0.39 is 10.2 Å². The summed E-state index contributed by atoms with van der Waals surface area (Å²) in [6.07, 6.45) is 2.19. The standard InChI is InChI=1S/C16H22N4O4S/c17-25(23,24)19-9-6-12(7-10-19)5-8-18-16(22)20-11-13-3-1-2-4-14(13)15(20)21/h1-4,12H,5-11H2,(H,18,22)(H2,17,23,24). The summed E-state index contributed by atoms with van der Waals surface area (Å²) in [5, 5.41) is 7.91. The van der Waals surface area contributed by atoms with E-state index in [9.17, 15) is 18.0 Å². The summed E-state index contributed by atoms with van der Waals surface area (Å²) in [4.78, 5) is 25.7. The SMILES string of the molecule is NS(=O)(=O)N1CCC(CCNC(=O)N2Cc3ccccc3C2=O)CC1. The van der Waals surface area contributed by atoms with Crippen molar-refractivity contribution in [3.8, 4) is 0 Å². The number of hydrogen-bond acceptors (Lipinski definition) is 4. The van der Waals surface area contributed by atoms with E-state index in [1.54, 1.807) is 12.1 Å². The van der Waals surface area contributed by atoms with Crippen LogP contribution >= 0.6 is 0 Å². The summed E-state index contributed by atoms with van der Waals surface area (Å²) < 4.78 is 23.8. The number of urea groups is 1. The quantitative estimate of drug-likeness (QED) is 0.815. The number of nitrogens with zero attached hydrogens (tertiary/aromatic N) is 2. The Kier molecular flexibility index (Phi) is 5.07. The smallest absolute Gasteiger partial charge is 0.324 e. The van der Waals surface area contributed by atoms with Crippen LogP contribution in [0.15, 0.2) is 24.3 Å². The fourth-order valence-electron chi connectivity index (χ4n) is 3.35. The van der Waals surface area contributed by atoms with Crippen LogP contribution in [0.5, 0.6) is 0 Å². The normalized spacial score (nSPS) is 19.1. The summed E-state index contributed by atoms with van der Waals surface area (Å²) in [6, 6.07) is 6.82. The summed E-state index contributed by atoms with van der Waals surface area (Å²) in [7, 11) is -3.61. The number of hydrogen-bond donors (Lipinski definition) is 2. The first-order valence-electron chi connectivity index (χ1n) is 8.31. The number of amides is 3. The van der Waals surface area contributed by atoms with Crippen molar-refractivity contribution in [2.24, 2.45) is 11.1 Å². The van der Waals surface area contributed by atoms with Crippen LogP contribution in [-0.4, -0.2) is 49.2 Å². The van der Waals surface area contributed by atoms with Gasteiger partial charge in [0.15, 0.2) is 0 Å². The molecule has 1 saturated heterocycles. The molecular formula is C16H22N4O4S. The number of benzene rings is 1. The molecule has 0 aliphatic carbocycles. The molecule has 0 spiro atoms. The van der Waals surface area contributed by atoms with Crippen LogP contribution < -0.4 is 10.5 Å². The monoisotopic (exact) mass is 366 g/mol. The van der Waals surface area contributed by atoms with Crippen LogP contribution in [0.2, 0.25) is 0 Å². The van der Waals surface area contributed by atoms with Crippen molar-refractivity contribution in [2.75, 3.05) is 19.6 Å². The third kappa shape index (κ3) is 4.00. The van der Waals surface area contributed by atoms with Gasteiger partial charge in [0, 0.05) is 25.2 Å². The van der Waals surface area contributed by atoms with Gasteiger partial charge in [-0.1, -0.05) is 18.2 Å². The van der Waals surface area contributed by atoms with Gasteiger partial charge in [0.25, 0.3) is 16.1 Å². The van der Waals surface area contributed by atoms with Gasteiger partial charge in [-0.05, 0) is 36.8 Å². The predicted octanol–water partition coefficient (Wildman–Crippen LogP) is 0.658. The van der Waals surface area contributed by atoms with Crippen LogP contribution in [0, 0.1) is 5.92 Å². The first kappa shape index (κ1) is 17.8. The molecule has 136 valence electrons. The minimum absolute atomic E-state index is 0.269. The van der Waals surface area contributed by atoms with Crippen molar-refractivity contribution in [1.29, 1.82) is 0 Å². The Bertz CT molecular complexity index is 772. The van der Waals surface area contributed by atoms with E-state index in [0.717, 1.165) is 24.8 Å². The summed E-state index contributed by atoms with van der Waals surface area (Å²) in [6.45, 7) is 1.58. The molecule has 9 heteroatoms. The van der Waals surface area contributed by atoms with E-state index in [1.807, 2.05) is 12.1 Å². The van der Waals surface area contributed by atoms with Gasteiger partial charge in [0.2, 0.25) is 0 Å². The molecule has 0 bridgehead atoms. The van der Waals surface area contributed by atoms with Crippen molar-refractivity contribution in [2.45, 2.75) is 25.8 Å². The molecule has 1 aromatic carbocycles. The molecule has 0 radical (unpaired) electrons. The van der Waals surface area contributed by atoms with Gasteiger partial charge >= 0.3 is 6.03 Å². The second kappa shape index (κ2) is 7.11. The maximum atomic E-state index is 12.2. The van der Waals surface area contributed by atoms with Crippen LogP contribution in [0.1, 0.15) is 35.2 Å². The summed E-state index contributed by atoms with van der Waals surface area (Å²) in [5.74, 6) is 0.0688. The first-order valence-corrected chi connectivity index (χ1v) is 9.82. The van der Waals surface area contributed by atoms with Gasteiger partial charge in [-0.3, -0.25) is 9.69 Å². The van der Waals surface area contributed by atoms with Crippen molar-refractivity contribution in [3.63, 3.8) is 0 Å². The Morgan fingerprint density at radius 1 is 1.24 bits per heavy atom. The third-order valence-electron chi connectivity index (χ3n) is 4.83. The summed E-state index contributed by atoms with van der Waals surface area (Å²) in [5.41, 5.74) is 1.44. The zero-order chi connectivity index (χ0) is 18.0. The highest BCUT2D eigenvalue weighted by molar-refractivity contribution is 7.86. The molecule has 3 amide bonds. The van der Waals surface area contributed by atoms with Gasteiger partial charge < -0.3 is 5.32 Å². The number of piperidine rings is 1. The molecule has 3 N–H and O–H groups in total. The van der Waals surface area contributed by atoms with Gasteiger partial charge in [-0.2, -0.15) is 12.7 Å². The number of nitrogens with two attached hydrogens (primary N) is 1. The summed E-state index contributed by atoms with van der Waals surface area (Å²) >= 11 is 0. The van der Waals surface area contributed by atoms with E-state index in [0.29, 0.717) is 37.7 Å². The van der Waals surface area contributed by atoms with E-state index >= 15 is 0 Å². The maximum Gasteiger partial charge on any atom is 0.324 e. The molecule has 2 aliphatic rings. The molecule has 0 saturated carbocycles. The first-order chi connectivity index (χ1) is 11.9. The lowest BCUT2D eigenvalue weighted by atomic mass is 9.95. The third-order valence-corrected chi connectivity index (χ3v) is 5.91. The highest BCUT2D eigenvalue weighted by Crippen LogP contribution is 2.23. The van der Waals surface area contributed by atoms with Gasteiger partial charge in [-0.25, -0.2) is 9.93 Å². The fourth-order valence-corrected chi connectivity index (χ4v) is 4.07. The second-order valence-electron chi connectivity index (χ2n) is 6.46. The predicted molar refractivity (Wildman–Crippen MR) is 91.7 cm³/mol. The Hall–Kier alpha value is -1.97. The van der Waals surface area contributed by atoms with Gasteiger partial charge in [-0.15, -0.1) is 0 Å². The fraction of sp³-hybridized carbons (Fsp3) is 0.500. The molecule has 0 aromatic heterocycles. The van der Waals surface area contributed by atoms with Crippen LogP contribution in [0.3, 0.4) is 0 Å². The van der Waals surface area contributed by atoms with Gasteiger partial charge in [0.1, 0.15) is 0 Å². The van der Waals surface area contributed by atoms with Crippen molar-refractivity contribution < 1.29 is 18.0 Å². The van der Waals surface area contributed by atoms with Crippen LogP contribution in [0.25, 0.3) is 0 Å². The molecule has 25 heavy (non-hydrogen) atoms.